The van der Waals surface area contributed by atoms with Crippen molar-refractivity contribution in [3.05, 3.63) is 0 Å². The molecule has 5 aliphatic rings. The summed E-state index contributed by atoms with van der Waals surface area (Å²) in [4.78, 5) is 26.6. The molecule has 3 N–H and O–H groups in total. The summed E-state index contributed by atoms with van der Waals surface area (Å²) in [5, 5.41) is 9.54. The molecule has 6 heteroatoms. The highest BCUT2D eigenvalue weighted by Crippen LogP contribution is 2.55. The van der Waals surface area contributed by atoms with Gasteiger partial charge in [0.2, 0.25) is 5.91 Å². The van der Waals surface area contributed by atoms with Crippen molar-refractivity contribution in [1.29, 1.82) is 0 Å². The third-order valence-electron chi connectivity index (χ3n) is 6.73. The number of amides is 3. The SMILES string of the molecule is O=C(NCCC(=O)N1CCCNCC1)NC12CC3CC(CC(C3)C1)C2. The third-order valence-corrected chi connectivity index (χ3v) is 6.73. The number of rotatable bonds is 4. The van der Waals surface area contributed by atoms with Gasteiger partial charge in [-0.05, 0) is 69.2 Å². The molecule has 1 saturated heterocycles. The summed E-state index contributed by atoms with van der Waals surface area (Å²) in [6, 6.07) is -0.0766. The first-order valence-corrected chi connectivity index (χ1v) is 10.2. The summed E-state index contributed by atoms with van der Waals surface area (Å²) in [6.45, 7) is 3.88. The van der Waals surface area contributed by atoms with E-state index in [1.165, 1.54) is 19.3 Å². The van der Waals surface area contributed by atoms with Gasteiger partial charge in [-0.2, -0.15) is 0 Å². The molecule has 3 amide bonds. The Morgan fingerprint density at radius 2 is 1.68 bits per heavy atom. The van der Waals surface area contributed by atoms with Crippen molar-refractivity contribution in [2.24, 2.45) is 17.8 Å². The van der Waals surface area contributed by atoms with Crippen LogP contribution in [0.15, 0.2) is 0 Å². The zero-order valence-electron chi connectivity index (χ0n) is 15.2. The molecule has 1 heterocycles. The first-order chi connectivity index (χ1) is 12.1. The highest BCUT2D eigenvalue weighted by atomic mass is 16.2. The van der Waals surface area contributed by atoms with Gasteiger partial charge in [-0.15, -0.1) is 0 Å². The molecule has 0 aromatic carbocycles. The second-order valence-corrected chi connectivity index (χ2v) is 8.81. The van der Waals surface area contributed by atoms with E-state index < -0.39 is 0 Å². The summed E-state index contributed by atoms with van der Waals surface area (Å²) in [7, 11) is 0. The van der Waals surface area contributed by atoms with E-state index in [4.69, 9.17) is 0 Å². The maximum Gasteiger partial charge on any atom is 0.315 e. The lowest BCUT2D eigenvalue weighted by atomic mass is 9.53. The average Bonchev–Trinajstić information content (AvgIpc) is 2.82. The topological polar surface area (TPSA) is 73.5 Å². The summed E-state index contributed by atoms with van der Waals surface area (Å²) in [5.41, 5.74) is 0.0410. The number of nitrogens with one attached hydrogen (secondary N) is 3. The lowest BCUT2D eigenvalue weighted by Gasteiger charge is -2.56. The van der Waals surface area contributed by atoms with Crippen molar-refractivity contribution in [2.45, 2.75) is 56.9 Å². The predicted molar refractivity (Wildman–Crippen MR) is 96.1 cm³/mol. The van der Waals surface area contributed by atoms with E-state index in [2.05, 4.69) is 16.0 Å². The fourth-order valence-corrected chi connectivity index (χ4v) is 6.08. The molecule has 0 spiro atoms. The zero-order valence-corrected chi connectivity index (χ0v) is 15.2. The number of nitrogens with zero attached hydrogens (tertiary/aromatic N) is 1. The van der Waals surface area contributed by atoms with Crippen LogP contribution in [0, 0.1) is 17.8 Å². The van der Waals surface area contributed by atoms with E-state index in [0.717, 1.165) is 69.6 Å². The monoisotopic (exact) mass is 348 g/mol. The van der Waals surface area contributed by atoms with E-state index in [-0.39, 0.29) is 17.5 Å². The van der Waals surface area contributed by atoms with Gasteiger partial charge in [0.1, 0.15) is 0 Å². The van der Waals surface area contributed by atoms with Crippen LogP contribution in [0.4, 0.5) is 4.79 Å². The van der Waals surface area contributed by atoms with Crippen LogP contribution in [0.3, 0.4) is 0 Å². The Labute approximate surface area is 150 Å². The first-order valence-electron chi connectivity index (χ1n) is 10.2. The smallest absolute Gasteiger partial charge is 0.315 e. The van der Waals surface area contributed by atoms with Crippen LogP contribution in [-0.2, 0) is 4.79 Å². The average molecular weight is 348 g/mol. The largest absolute Gasteiger partial charge is 0.341 e. The Balaban J connectivity index is 1.21. The minimum Gasteiger partial charge on any atom is -0.341 e. The summed E-state index contributed by atoms with van der Waals surface area (Å²) < 4.78 is 0. The highest BCUT2D eigenvalue weighted by Gasteiger charge is 2.51. The predicted octanol–water partition coefficient (Wildman–Crippen LogP) is 1.47. The van der Waals surface area contributed by atoms with E-state index >= 15 is 0 Å². The molecule has 0 aromatic heterocycles. The van der Waals surface area contributed by atoms with Crippen LogP contribution in [0.25, 0.3) is 0 Å². The number of hydrogen-bond acceptors (Lipinski definition) is 3. The van der Waals surface area contributed by atoms with Gasteiger partial charge in [-0.25, -0.2) is 4.79 Å². The molecule has 4 saturated carbocycles. The molecule has 5 fully saturated rings. The Morgan fingerprint density at radius 1 is 1.00 bits per heavy atom. The quantitative estimate of drug-likeness (QED) is 0.720. The van der Waals surface area contributed by atoms with Gasteiger partial charge in [0.15, 0.2) is 0 Å². The minimum absolute atomic E-state index is 0.0410. The molecule has 1 aliphatic heterocycles. The van der Waals surface area contributed by atoms with Crippen LogP contribution in [0.1, 0.15) is 51.4 Å². The lowest BCUT2D eigenvalue weighted by molar-refractivity contribution is -0.130. The highest BCUT2D eigenvalue weighted by molar-refractivity contribution is 5.78. The Hall–Kier alpha value is -1.30. The summed E-state index contributed by atoms with van der Waals surface area (Å²) in [5.74, 6) is 2.62. The van der Waals surface area contributed by atoms with Crippen LogP contribution in [0.2, 0.25) is 0 Å². The van der Waals surface area contributed by atoms with E-state index in [1.54, 1.807) is 0 Å². The van der Waals surface area contributed by atoms with Crippen molar-refractivity contribution in [3.8, 4) is 0 Å². The second-order valence-electron chi connectivity index (χ2n) is 8.81. The second kappa shape index (κ2) is 7.14. The molecular weight excluding hydrogens is 316 g/mol. The number of hydrogen-bond donors (Lipinski definition) is 3. The van der Waals surface area contributed by atoms with E-state index in [9.17, 15) is 9.59 Å². The van der Waals surface area contributed by atoms with Gasteiger partial charge in [-0.1, -0.05) is 0 Å². The molecule has 140 valence electrons. The first kappa shape index (κ1) is 17.1. The van der Waals surface area contributed by atoms with Gasteiger partial charge in [0.25, 0.3) is 0 Å². The van der Waals surface area contributed by atoms with Crippen LogP contribution in [0.5, 0.6) is 0 Å². The van der Waals surface area contributed by atoms with Gasteiger partial charge >= 0.3 is 6.03 Å². The van der Waals surface area contributed by atoms with E-state index in [0.29, 0.717) is 13.0 Å². The van der Waals surface area contributed by atoms with Crippen LogP contribution < -0.4 is 16.0 Å². The van der Waals surface area contributed by atoms with Gasteiger partial charge < -0.3 is 20.9 Å². The zero-order chi connectivity index (χ0) is 17.3. The van der Waals surface area contributed by atoms with Crippen molar-refractivity contribution in [2.75, 3.05) is 32.7 Å². The van der Waals surface area contributed by atoms with Gasteiger partial charge in [0.05, 0.1) is 0 Å². The Morgan fingerprint density at radius 3 is 2.36 bits per heavy atom. The minimum atomic E-state index is -0.0766. The Kier molecular flexibility index (Phi) is 4.89. The maximum atomic E-state index is 12.4. The normalized spacial score (nSPS) is 36.8. The molecule has 25 heavy (non-hydrogen) atoms. The molecular formula is C19H32N4O2. The molecule has 4 bridgehead atoms. The lowest BCUT2D eigenvalue weighted by Crippen LogP contribution is -2.61. The molecule has 0 atom stereocenters. The Bertz CT molecular complexity index is 478. The van der Waals surface area contributed by atoms with Crippen molar-refractivity contribution in [1.82, 2.24) is 20.9 Å². The number of carbonyl (C=O) groups is 2. The fourth-order valence-electron chi connectivity index (χ4n) is 6.08. The number of carbonyl (C=O) groups excluding carboxylic acids is 2. The summed E-state index contributed by atoms with van der Waals surface area (Å²) in [6.07, 6.45) is 9.01. The van der Waals surface area contributed by atoms with Crippen molar-refractivity contribution in [3.63, 3.8) is 0 Å². The standard InChI is InChI=1S/C19H32N4O2/c24-17(23-6-1-3-20-5-7-23)2-4-21-18(25)22-19-11-14-8-15(12-19)10-16(9-14)13-19/h14-16,20H,1-13H2,(H2,21,22,25). The summed E-state index contributed by atoms with van der Waals surface area (Å²) >= 11 is 0. The van der Waals surface area contributed by atoms with Crippen molar-refractivity contribution < 1.29 is 9.59 Å². The number of urea groups is 1. The van der Waals surface area contributed by atoms with Crippen molar-refractivity contribution >= 4 is 11.9 Å². The third kappa shape index (κ3) is 3.94. The molecule has 0 aromatic rings. The maximum absolute atomic E-state index is 12.4. The molecule has 6 nitrogen and oxygen atoms in total. The molecule has 0 radical (unpaired) electrons. The van der Waals surface area contributed by atoms with E-state index in [1.807, 2.05) is 4.90 Å². The fraction of sp³-hybridized carbons (Fsp3) is 0.895. The molecule has 0 unspecified atom stereocenters. The van der Waals surface area contributed by atoms with Crippen LogP contribution in [-0.4, -0.2) is 55.1 Å². The van der Waals surface area contributed by atoms with Gasteiger partial charge in [0, 0.05) is 38.1 Å². The molecule has 5 rings (SSSR count). The van der Waals surface area contributed by atoms with Crippen LogP contribution >= 0.6 is 0 Å². The van der Waals surface area contributed by atoms with Gasteiger partial charge in [-0.3, -0.25) is 4.79 Å². The molecule has 4 aliphatic carbocycles.